The summed E-state index contributed by atoms with van der Waals surface area (Å²) in [5.74, 6) is 0. The fourth-order valence-electron chi connectivity index (χ4n) is 2.33. The molecule has 0 fully saturated rings. The molecule has 0 unspecified atom stereocenters. The van der Waals surface area contributed by atoms with Gasteiger partial charge in [0.25, 0.3) is 0 Å². The molecule has 0 saturated carbocycles. The number of nitrogens with zero attached hydrogens (tertiary/aromatic N) is 2. The summed E-state index contributed by atoms with van der Waals surface area (Å²) in [7, 11) is -7.99. The van der Waals surface area contributed by atoms with E-state index in [0.717, 1.165) is 0 Å². The van der Waals surface area contributed by atoms with Gasteiger partial charge in [0.15, 0.2) is 0 Å². The molecular formula is C9H27BF2N2Si3. The van der Waals surface area contributed by atoms with E-state index in [1.54, 1.807) is 0 Å². The molecular weight excluding hydrogens is 269 g/mol. The maximum absolute atomic E-state index is 13.5. The predicted molar refractivity (Wildman–Crippen MR) is 81.7 cm³/mol. The van der Waals surface area contributed by atoms with Gasteiger partial charge in [0.1, 0.15) is 24.7 Å². The lowest BCUT2D eigenvalue weighted by molar-refractivity contribution is 0.310. The largest absolute Gasteiger partial charge is 0.643 e. The zero-order valence-corrected chi connectivity index (χ0v) is 15.7. The van der Waals surface area contributed by atoms with Gasteiger partial charge >= 0.3 is 7.40 Å². The third-order valence-corrected chi connectivity index (χ3v) is 11.5. The second kappa shape index (κ2) is 5.24. The highest BCUT2D eigenvalue weighted by atomic mass is 28.4. The molecule has 2 nitrogen and oxygen atoms in total. The van der Waals surface area contributed by atoms with Gasteiger partial charge in [0.05, 0.1) is 0 Å². The average molecular weight is 296 g/mol. The molecule has 0 saturated heterocycles. The highest BCUT2D eigenvalue weighted by molar-refractivity contribution is 6.92. The summed E-state index contributed by atoms with van der Waals surface area (Å²) in [6.07, 6.45) is 0. The molecule has 17 heavy (non-hydrogen) atoms. The lowest BCUT2D eigenvalue weighted by Crippen LogP contribution is -2.73. The van der Waals surface area contributed by atoms with Gasteiger partial charge in [-0.25, -0.2) is 0 Å². The monoisotopic (exact) mass is 296 g/mol. The number of rotatable bonds is 5. The maximum atomic E-state index is 13.5. The zero-order chi connectivity index (χ0) is 14.2. The van der Waals surface area contributed by atoms with Crippen LogP contribution in [0, 0.1) is 0 Å². The fraction of sp³-hybridized carbons (Fsp3) is 1.00. The molecule has 0 bridgehead atoms. The molecule has 0 aromatic heterocycles. The van der Waals surface area contributed by atoms with E-state index in [4.69, 9.17) is 0 Å². The lowest BCUT2D eigenvalue weighted by Gasteiger charge is -2.53. The van der Waals surface area contributed by atoms with E-state index < -0.39 is 32.1 Å². The van der Waals surface area contributed by atoms with Crippen molar-refractivity contribution in [3.63, 3.8) is 0 Å². The minimum Gasteiger partial charge on any atom is -0.295 e. The van der Waals surface area contributed by atoms with Gasteiger partial charge in [0, 0.05) is 0 Å². The molecule has 0 amide bonds. The van der Waals surface area contributed by atoms with Crippen molar-refractivity contribution < 1.29 is 8.63 Å². The van der Waals surface area contributed by atoms with Gasteiger partial charge in [-0.05, 0) is 0 Å². The Labute approximate surface area is 109 Å². The summed E-state index contributed by atoms with van der Waals surface area (Å²) in [5.41, 5.74) is 0. The number of halogens is 2. The first-order chi connectivity index (χ1) is 7.19. The van der Waals surface area contributed by atoms with Crippen LogP contribution in [0.25, 0.3) is 0 Å². The van der Waals surface area contributed by atoms with E-state index in [1.807, 2.05) is 19.6 Å². The quantitative estimate of drug-likeness (QED) is 0.560. The van der Waals surface area contributed by atoms with Crippen LogP contribution < -0.4 is 0 Å². The van der Waals surface area contributed by atoms with Crippen LogP contribution in [0.5, 0.6) is 0 Å². The highest BCUT2D eigenvalue weighted by Gasteiger charge is 2.48. The first kappa shape index (κ1) is 17.5. The molecule has 0 aromatic rings. The molecule has 0 radical (unpaired) electrons. The molecule has 0 spiro atoms. The van der Waals surface area contributed by atoms with Gasteiger partial charge < -0.3 is 0 Å². The number of hydrogen-bond acceptors (Lipinski definition) is 2. The molecule has 0 N–H and O–H groups in total. The molecule has 0 aliphatic carbocycles. The Morgan fingerprint density at radius 3 is 1.00 bits per heavy atom. The van der Waals surface area contributed by atoms with E-state index in [-0.39, 0.29) is 0 Å². The van der Waals surface area contributed by atoms with Gasteiger partial charge in [-0.15, -0.1) is 0 Å². The van der Waals surface area contributed by atoms with Crippen LogP contribution in [0.2, 0.25) is 58.9 Å². The van der Waals surface area contributed by atoms with Crippen LogP contribution in [0.15, 0.2) is 0 Å². The Bertz CT molecular complexity index is 244. The summed E-state index contributed by atoms with van der Waals surface area (Å²) in [6.45, 7) is 18.9. The van der Waals surface area contributed by atoms with Gasteiger partial charge in [0.2, 0.25) is 0 Å². The van der Waals surface area contributed by atoms with E-state index in [9.17, 15) is 8.63 Å². The fourth-order valence-corrected chi connectivity index (χ4v) is 16.6. The van der Waals surface area contributed by atoms with Crippen molar-refractivity contribution in [1.82, 2.24) is 8.93 Å². The predicted octanol–water partition coefficient (Wildman–Crippen LogP) is 3.93. The van der Waals surface area contributed by atoms with E-state index in [1.165, 1.54) is 4.59 Å². The molecule has 0 rings (SSSR count). The summed E-state index contributed by atoms with van der Waals surface area (Å²) >= 11 is 0. The van der Waals surface area contributed by atoms with Crippen molar-refractivity contribution in [3.8, 4) is 0 Å². The lowest BCUT2D eigenvalue weighted by atomic mass is 10.3. The van der Waals surface area contributed by atoms with Crippen molar-refractivity contribution in [1.29, 1.82) is 0 Å². The van der Waals surface area contributed by atoms with Gasteiger partial charge in [-0.2, -0.15) is 0 Å². The van der Waals surface area contributed by atoms with Crippen molar-refractivity contribution in [2.45, 2.75) is 58.9 Å². The Balaban J connectivity index is 5.58. The van der Waals surface area contributed by atoms with Crippen LogP contribution in [0.3, 0.4) is 0 Å². The third-order valence-electron chi connectivity index (χ3n) is 2.36. The molecule has 8 heteroatoms. The van der Waals surface area contributed by atoms with E-state index in [0.29, 0.717) is 0 Å². The second-order valence-corrected chi connectivity index (χ2v) is 22.2. The molecule has 0 heterocycles. The second-order valence-electron chi connectivity index (χ2n) is 7.45. The van der Waals surface area contributed by atoms with Crippen LogP contribution in [-0.4, -0.2) is 41.0 Å². The molecule has 0 aromatic carbocycles. The van der Waals surface area contributed by atoms with E-state index >= 15 is 0 Å². The number of hydrogen-bond donors (Lipinski definition) is 0. The Morgan fingerprint density at radius 1 is 0.647 bits per heavy atom. The standard InChI is InChI=1S/C9H27BF2N2Si3/c1-15(2,3)13(10(11)12)14(16(4,5)6)17(7,8)9/h1-9H3. The Morgan fingerprint density at radius 2 is 0.941 bits per heavy atom. The van der Waals surface area contributed by atoms with Crippen LogP contribution in [0.4, 0.5) is 8.63 Å². The summed E-state index contributed by atoms with van der Waals surface area (Å²) in [5, 5.41) is 0. The minimum atomic E-state index is -2.37. The summed E-state index contributed by atoms with van der Waals surface area (Å²) in [4.78, 5) is 0. The first-order valence-corrected chi connectivity index (χ1v) is 16.4. The van der Waals surface area contributed by atoms with Crippen molar-refractivity contribution in [3.05, 3.63) is 0 Å². The Hall–Kier alpha value is 0.496. The van der Waals surface area contributed by atoms with Crippen LogP contribution in [0.1, 0.15) is 0 Å². The van der Waals surface area contributed by atoms with Crippen molar-refractivity contribution in [2.24, 2.45) is 0 Å². The zero-order valence-electron chi connectivity index (χ0n) is 12.7. The molecule has 102 valence electrons. The summed E-state index contributed by atoms with van der Waals surface area (Å²) in [6, 6.07) is 0. The highest BCUT2D eigenvalue weighted by Crippen LogP contribution is 2.28. The van der Waals surface area contributed by atoms with Crippen LogP contribution in [-0.2, 0) is 0 Å². The molecule has 0 aliphatic heterocycles. The smallest absolute Gasteiger partial charge is 0.295 e. The Kier molecular flexibility index (Phi) is 5.39. The number of hydrazine groups is 1. The van der Waals surface area contributed by atoms with Crippen LogP contribution >= 0.6 is 0 Å². The van der Waals surface area contributed by atoms with Crippen molar-refractivity contribution in [2.75, 3.05) is 0 Å². The average Bonchev–Trinajstić information content (AvgIpc) is 1.91. The SMILES string of the molecule is C[Si](C)(C)N(B(F)F)N([Si](C)(C)C)[Si](C)(C)C. The normalized spacial score (nSPS) is 14.6. The van der Waals surface area contributed by atoms with Crippen molar-refractivity contribution >= 4 is 32.1 Å². The topological polar surface area (TPSA) is 6.48 Å². The van der Waals surface area contributed by atoms with Gasteiger partial charge in [-0.1, -0.05) is 58.9 Å². The minimum absolute atomic E-state index is 1.45. The third kappa shape index (κ3) is 4.94. The molecule has 0 aliphatic rings. The summed E-state index contributed by atoms with van der Waals surface area (Å²) < 4.78 is 30.5. The maximum Gasteiger partial charge on any atom is 0.643 e. The van der Waals surface area contributed by atoms with E-state index in [2.05, 4.69) is 43.6 Å². The van der Waals surface area contributed by atoms with Gasteiger partial charge in [-0.3, -0.25) is 17.6 Å². The molecule has 0 atom stereocenters. The first-order valence-electron chi connectivity index (χ1n) is 6.07.